The highest BCUT2D eigenvalue weighted by Gasteiger charge is 2.29. The van der Waals surface area contributed by atoms with Crippen LogP contribution in [0, 0.1) is 5.92 Å². The minimum atomic E-state index is 0.420. The first-order valence-electron chi connectivity index (χ1n) is 7.20. The Balaban J connectivity index is 2.40. The topological polar surface area (TPSA) is 24.5 Å². The Morgan fingerprint density at radius 2 is 2.18 bits per heavy atom. The molecule has 3 heteroatoms. The molecule has 1 rings (SSSR count). The van der Waals surface area contributed by atoms with Crippen molar-refractivity contribution in [1.29, 1.82) is 0 Å². The van der Waals surface area contributed by atoms with Gasteiger partial charge in [0.2, 0.25) is 0 Å². The predicted molar refractivity (Wildman–Crippen MR) is 73.4 cm³/mol. The van der Waals surface area contributed by atoms with Crippen molar-refractivity contribution in [1.82, 2.24) is 10.2 Å². The van der Waals surface area contributed by atoms with E-state index >= 15 is 0 Å². The number of piperidine rings is 1. The third kappa shape index (κ3) is 4.57. The van der Waals surface area contributed by atoms with Crippen LogP contribution in [0.1, 0.15) is 40.0 Å². The van der Waals surface area contributed by atoms with E-state index in [4.69, 9.17) is 4.74 Å². The van der Waals surface area contributed by atoms with E-state index in [1.807, 2.05) is 7.11 Å². The van der Waals surface area contributed by atoms with Gasteiger partial charge < -0.3 is 10.1 Å². The highest BCUT2D eigenvalue weighted by molar-refractivity contribution is 4.83. The normalized spacial score (nSPS) is 28.2. The Morgan fingerprint density at radius 1 is 1.41 bits per heavy atom. The second kappa shape index (κ2) is 8.06. The first-order valence-corrected chi connectivity index (χ1v) is 7.20. The van der Waals surface area contributed by atoms with Crippen LogP contribution in [0.3, 0.4) is 0 Å². The van der Waals surface area contributed by atoms with Gasteiger partial charge in [-0.2, -0.15) is 0 Å². The van der Waals surface area contributed by atoms with Gasteiger partial charge in [-0.3, -0.25) is 4.90 Å². The lowest BCUT2D eigenvalue weighted by Gasteiger charge is -2.40. The zero-order chi connectivity index (χ0) is 12.7. The average Bonchev–Trinajstić information content (AvgIpc) is 2.36. The van der Waals surface area contributed by atoms with Gasteiger partial charge in [-0.25, -0.2) is 0 Å². The lowest BCUT2D eigenvalue weighted by Crippen LogP contribution is -2.51. The molecule has 0 aromatic rings. The number of nitrogens with zero attached hydrogens (tertiary/aromatic N) is 1. The smallest absolute Gasteiger partial charge is 0.0724 e. The third-order valence-electron chi connectivity index (χ3n) is 4.02. The van der Waals surface area contributed by atoms with Crippen molar-refractivity contribution in [3.63, 3.8) is 0 Å². The van der Waals surface area contributed by atoms with Crippen LogP contribution in [0.15, 0.2) is 0 Å². The fourth-order valence-corrected chi connectivity index (χ4v) is 2.67. The van der Waals surface area contributed by atoms with Crippen molar-refractivity contribution >= 4 is 0 Å². The number of hydrogen-bond donors (Lipinski definition) is 1. The van der Waals surface area contributed by atoms with Crippen LogP contribution in [-0.2, 0) is 4.74 Å². The van der Waals surface area contributed by atoms with E-state index in [-0.39, 0.29) is 0 Å². The number of methoxy groups -OCH3 is 1. The molecule has 0 aliphatic carbocycles. The molecule has 1 aliphatic rings. The van der Waals surface area contributed by atoms with Gasteiger partial charge in [0.15, 0.2) is 0 Å². The van der Waals surface area contributed by atoms with E-state index in [2.05, 4.69) is 31.0 Å². The first-order chi connectivity index (χ1) is 8.22. The van der Waals surface area contributed by atoms with Gasteiger partial charge in [0.1, 0.15) is 0 Å². The van der Waals surface area contributed by atoms with Gasteiger partial charge in [0.05, 0.1) is 6.10 Å². The fraction of sp³-hybridized carbons (Fsp3) is 1.00. The maximum atomic E-state index is 5.59. The Hall–Kier alpha value is -0.120. The summed E-state index contributed by atoms with van der Waals surface area (Å²) in [6, 6.07) is 0.673. The van der Waals surface area contributed by atoms with Crippen molar-refractivity contribution in [2.75, 3.05) is 33.3 Å². The fourth-order valence-electron chi connectivity index (χ4n) is 2.67. The first kappa shape index (κ1) is 14.9. The quantitative estimate of drug-likeness (QED) is 0.692. The number of likely N-dealkylation sites (tertiary alicyclic amines) is 1. The lowest BCUT2D eigenvalue weighted by atomic mass is 9.94. The van der Waals surface area contributed by atoms with Crippen molar-refractivity contribution in [3.8, 4) is 0 Å². The van der Waals surface area contributed by atoms with E-state index in [0.717, 1.165) is 19.6 Å². The van der Waals surface area contributed by atoms with Gasteiger partial charge in [0, 0.05) is 26.2 Å². The zero-order valence-electron chi connectivity index (χ0n) is 12.0. The average molecular weight is 242 g/mol. The molecule has 17 heavy (non-hydrogen) atoms. The molecule has 0 aromatic carbocycles. The Bertz CT molecular complexity index is 199. The molecule has 0 saturated carbocycles. The van der Waals surface area contributed by atoms with Crippen LogP contribution in [0.5, 0.6) is 0 Å². The van der Waals surface area contributed by atoms with Crippen molar-refractivity contribution < 1.29 is 4.74 Å². The number of ether oxygens (including phenoxy) is 1. The molecule has 0 radical (unpaired) electrons. The summed E-state index contributed by atoms with van der Waals surface area (Å²) in [5.74, 6) is 0.706. The molecule has 0 bridgehead atoms. The van der Waals surface area contributed by atoms with Gasteiger partial charge >= 0.3 is 0 Å². The minimum Gasteiger partial charge on any atom is -0.380 e. The molecule has 102 valence electrons. The van der Waals surface area contributed by atoms with Crippen molar-refractivity contribution in [2.45, 2.75) is 52.2 Å². The highest BCUT2D eigenvalue weighted by atomic mass is 16.5. The van der Waals surface area contributed by atoms with Crippen LogP contribution in [-0.4, -0.2) is 50.3 Å². The summed E-state index contributed by atoms with van der Waals surface area (Å²) < 4.78 is 5.59. The van der Waals surface area contributed by atoms with Gasteiger partial charge in [-0.1, -0.05) is 20.8 Å². The Labute approximate surface area is 107 Å². The molecular formula is C14H30N2O. The summed E-state index contributed by atoms with van der Waals surface area (Å²) in [6.45, 7) is 11.4. The molecule has 0 spiro atoms. The summed E-state index contributed by atoms with van der Waals surface area (Å²) in [5, 5.41) is 3.54. The summed E-state index contributed by atoms with van der Waals surface area (Å²) in [5.41, 5.74) is 0. The Morgan fingerprint density at radius 3 is 2.76 bits per heavy atom. The molecule has 1 N–H and O–H groups in total. The van der Waals surface area contributed by atoms with E-state index in [1.165, 1.54) is 25.8 Å². The monoisotopic (exact) mass is 242 g/mol. The van der Waals surface area contributed by atoms with Crippen molar-refractivity contribution in [3.05, 3.63) is 0 Å². The van der Waals surface area contributed by atoms with E-state index in [0.29, 0.717) is 18.1 Å². The van der Waals surface area contributed by atoms with E-state index < -0.39 is 0 Å². The molecule has 1 heterocycles. The molecule has 3 atom stereocenters. The van der Waals surface area contributed by atoms with Crippen LogP contribution in [0.2, 0.25) is 0 Å². The Kier molecular flexibility index (Phi) is 7.09. The maximum Gasteiger partial charge on any atom is 0.0724 e. The SMILES string of the molecule is CCCNCC(CC)N1CCC(C)C(OC)C1. The molecule has 1 fully saturated rings. The molecule has 3 nitrogen and oxygen atoms in total. The number of nitrogens with one attached hydrogen (secondary N) is 1. The summed E-state index contributed by atoms with van der Waals surface area (Å²) >= 11 is 0. The molecule has 1 saturated heterocycles. The summed E-state index contributed by atoms with van der Waals surface area (Å²) in [7, 11) is 1.85. The maximum absolute atomic E-state index is 5.59. The van der Waals surface area contributed by atoms with Crippen LogP contribution in [0.4, 0.5) is 0 Å². The third-order valence-corrected chi connectivity index (χ3v) is 4.02. The lowest BCUT2D eigenvalue weighted by molar-refractivity contribution is -0.0193. The predicted octanol–water partition coefficient (Wildman–Crippen LogP) is 2.12. The number of hydrogen-bond acceptors (Lipinski definition) is 3. The van der Waals surface area contributed by atoms with E-state index in [1.54, 1.807) is 0 Å². The van der Waals surface area contributed by atoms with Gasteiger partial charge in [-0.15, -0.1) is 0 Å². The highest BCUT2D eigenvalue weighted by Crippen LogP contribution is 2.21. The largest absolute Gasteiger partial charge is 0.380 e. The second-order valence-corrected chi connectivity index (χ2v) is 5.30. The van der Waals surface area contributed by atoms with Crippen LogP contribution < -0.4 is 5.32 Å². The zero-order valence-corrected chi connectivity index (χ0v) is 12.0. The minimum absolute atomic E-state index is 0.420. The van der Waals surface area contributed by atoms with Crippen LogP contribution >= 0.6 is 0 Å². The number of rotatable bonds is 7. The van der Waals surface area contributed by atoms with Gasteiger partial charge in [0.25, 0.3) is 0 Å². The van der Waals surface area contributed by atoms with Crippen LogP contribution in [0.25, 0.3) is 0 Å². The van der Waals surface area contributed by atoms with E-state index in [9.17, 15) is 0 Å². The molecule has 3 unspecified atom stereocenters. The van der Waals surface area contributed by atoms with Gasteiger partial charge in [-0.05, 0) is 38.3 Å². The molecule has 1 aliphatic heterocycles. The standard InChI is InChI=1S/C14H30N2O/c1-5-8-15-10-13(6-2)16-9-7-12(3)14(11-16)17-4/h12-15H,5-11H2,1-4H3. The molecular weight excluding hydrogens is 212 g/mol. The molecule has 0 aromatic heterocycles. The second-order valence-electron chi connectivity index (χ2n) is 5.30. The van der Waals surface area contributed by atoms with Crippen molar-refractivity contribution in [2.24, 2.45) is 5.92 Å². The summed E-state index contributed by atoms with van der Waals surface area (Å²) in [4.78, 5) is 2.61. The molecule has 0 amide bonds. The summed E-state index contributed by atoms with van der Waals surface area (Å²) in [6.07, 6.45) is 4.13.